The maximum atomic E-state index is 6.29. The molecule has 0 bridgehead atoms. The molecule has 1 aromatic heterocycles. The molecule has 0 aliphatic carbocycles. The molecule has 0 aliphatic rings. The Morgan fingerprint density at radius 3 is 2.67 bits per heavy atom. The fourth-order valence-corrected chi connectivity index (χ4v) is 2.46. The number of nitrogens with two attached hydrogens (primary N) is 1. The molecule has 0 amide bonds. The largest absolute Gasteiger partial charge is 0.487 e. The summed E-state index contributed by atoms with van der Waals surface area (Å²) < 4.78 is 7.79. The van der Waals surface area contributed by atoms with Gasteiger partial charge in [-0.05, 0) is 44.9 Å². The average Bonchev–Trinajstić information content (AvgIpc) is 2.72. The zero-order valence-electron chi connectivity index (χ0n) is 13.0. The molecule has 4 nitrogen and oxygen atoms in total. The van der Waals surface area contributed by atoms with E-state index in [1.165, 1.54) is 0 Å². The molecule has 1 atom stereocenters. The maximum Gasteiger partial charge on any atom is 0.131 e. The van der Waals surface area contributed by atoms with E-state index in [0.717, 1.165) is 34.8 Å². The first-order valence-electron chi connectivity index (χ1n) is 7.14. The van der Waals surface area contributed by atoms with E-state index in [1.54, 1.807) is 0 Å². The number of nitrogens with zero attached hydrogens (tertiary/aromatic N) is 2. The number of benzene rings is 1. The predicted molar refractivity (Wildman–Crippen MR) is 85.8 cm³/mol. The van der Waals surface area contributed by atoms with Gasteiger partial charge in [0.1, 0.15) is 12.4 Å². The number of aryl methyl sites for hydroxylation is 3. The SMILES string of the molecule is CCn1nc(C)c(Cl)c1COc1ccc([C@H](C)N)cc1C. The molecule has 0 saturated carbocycles. The standard InChI is InChI=1S/C16H22ClN3O/c1-5-20-14(16(17)12(4)19-20)9-21-15-7-6-13(11(3)18)8-10(15)2/h6-8,11H,5,9,18H2,1-4H3/t11-/m0/s1. The van der Waals surface area contributed by atoms with Gasteiger partial charge in [0, 0.05) is 12.6 Å². The quantitative estimate of drug-likeness (QED) is 0.914. The van der Waals surface area contributed by atoms with Gasteiger partial charge in [0.2, 0.25) is 0 Å². The molecule has 0 radical (unpaired) electrons. The van der Waals surface area contributed by atoms with Crippen molar-refractivity contribution in [2.45, 2.75) is 46.9 Å². The molecule has 21 heavy (non-hydrogen) atoms. The van der Waals surface area contributed by atoms with Gasteiger partial charge >= 0.3 is 0 Å². The lowest BCUT2D eigenvalue weighted by Gasteiger charge is -2.13. The second kappa shape index (κ2) is 6.50. The Balaban J connectivity index is 2.17. The molecule has 0 fully saturated rings. The van der Waals surface area contributed by atoms with Crippen molar-refractivity contribution in [3.63, 3.8) is 0 Å². The van der Waals surface area contributed by atoms with E-state index in [4.69, 9.17) is 22.1 Å². The van der Waals surface area contributed by atoms with Crippen molar-refractivity contribution in [2.24, 2.45) is 5.73 Å². The minimum atomic E-state index is 0.0244. The molecule has 2 N–H and O–H groups in total. The van der Waals surface area contributed by atoms with Crippen LogP contribution in [0.15, 0.2) is 18.2 Å². The van der Waals surface area contributed by atoms with Gasteiger partial charge in [0.05, 0.1) is 16.4 Å². The lowest BCUT2D eigenvalue weighted by atomic mass is 10.1. The van der Waals surface area contributed by atoms with Crippen molar-refractivity contribution in [1.29, 1.82) is 0 Å². The summed E-state index contributed by atoms with van der Waals surface area (Å²) in [4.78, 5) is 0. The molecule has 0 spiro atoms. The van der Waals surface area contributed by atoms with E-state index in [0.29, 0.717) is 11.6 Å². The molecular weight excluding hydrogens is 286 g/mol. The van der Waals surface area contributed by atoms with E-state index >= 15 is 0 Å². The third kappa shape index (κ3) is 3.39. The summed E-state index contributed by atoms with van der Waals surface area (Å²) in [7, 11) is 0. The third-order valence-corrected chi connectivity index (χ3v) is 4.03. The highest BCUT2D eigenvalue weighted by atomic mass is 35.5. The highest BCUT2D eigenvalue weighted by Gasteiger charge is 2.13. The first kappa shape index (κ1) is 15.9. The molecule has 2 aromatic rings. The number of halogens is 1. The van der Waals surface area contributed by atoms with Crippen molar-refractivity contribution in [3.8, 4) is 5.75 Å². The Kier molecular flexibility index (Phi) is 4.91. The van der Waals surface area contributed by atoms with Crippen molar-refractivity contribution >= 4 is 11.6 Å². The number of aromatic nitrogens is 2. The normalized spacial score (nSPS) is 12.5. The highest BCUT2D eigenvalue weighted by molar-refractivity contribution is 6.31. The van der Waals surface area contributed by atoms with Gasteiger partial charge in [-0.2, -0.15) is 5.10 Å². The minimum absolute atomic E-state index is 0.0244. The second-order valence-electron chi connectivity index (χ2n) is 5.26. The fourth-order valence-electron chi connectivity index (χ4n) is 2.27. The van der Waals surface area contributed by atoms with Crippen LogP contribution in [-0.2, 0) is 13.2 Å². The summed E-state index contributed by atoms with van der Waals surface area (Å²) in [6.45, 7) is 9.11. The van der Waals surface area contributed by atoms with Gasteiger partial charge in [0.15, 0.2) is 0 Å². The average molecular weight is 308 g/mol. The number of ether oxygens (including phenoxy) is 1. The molecule has 0 saturated heterocycles. The lowest BCUT2D eigenvalue weighted by Crippen LogP contribution is -2.08. The first-order valence-corrected chi connectivity index (χ1v) is 7.52. The molecule has 1 aromatic carbocycles. The van der Waals surface area contributed by atoms with E-state index in [9.17, 15) is 0 Å². The third-order valence-electron chi connectivity index (χ3n) is 3.54. The van der Waals surface area contributed by atoms with Gasteiger partial charge in [-0.3, -0.25) is 4.68 Å². The van der Waals surface area contributed by atoms with Crippen molar-refractivity contribution in [2.75, 3.05) is 0 Å². The van der Waals surface area contributed by atoms with E-state index < -0.39 is 0 Å². The van der Waals surface area contributed by atoms with Crippen LogP contribution >= 0.6 is 11.6 Å². The van der Waals surface area contributed by atoms with E-state index in [2.05, 4.69) is 11.2 Å². The highest BCUT2D eigenvalue weighted by Crippen LogP contribution is 2.25. The molecule has 2 rings (SSSR count). The predicted octanol–water partition coefficient (Wildman–Crippen LogP) is 3.77. The second-order valence-corrected chi connectivity index (χ2v) is 5.64. The van der Waals surface area contributed by atoms with Crippen LogP contribution in [0.2, 0.25) is 5.02 Å². The molecule has 1 heterocycles. The summed E-state index contributed by atoms with van der Waals surface area (Å²) in [5.41, 5.74) is 9.81. The Hall–Kier alpha value is -1.52. The zero-order chi connectivity index (χ0) is 15.6. The van der Waals surface area contributed by atoms with Gasteiger partial charge < -0.3 is 10.5 Å². The van der Waals surface area contributed by atoms with Crippen molar-refractivity contribution < 1.29 is 4.74 Å². The van der Waals surface area contributed by atoms with Gasteiger partial charge in [-0.1, -0.05) is 23.7 Å². The summed E-state index contributed by atoms with van der Waals surface area (Å²) in [6.07, 6.45) is 0. The zero-order valence-corrected chi connectivity index (χ0v) is 13.7. The van der Waals surface area contributed by atoms with Crippen LogP contribution in [0.5, 0.6) is 5.75 Å². The van der Waals surface area contributed by atoms with Crippen LogP contribution in [0.1, 0.15) is 42.4 Å². The fraction of sp³-hybridized carbons (Fsp3) is 0.438. The van der Waals surface area contributed by atoms with Crippen LogP contribution in [0.3, 0.4) is 0 Å². The van der Waals surface area contributed by atoms with Crippen LogP contribution in [-0.4, -0.2) is 9.78 Å². The Bertz CT molecular complexity index is 635. The smallest absolute Gasteiger partial charge is 0.131 e. The number of rotatable bonds is 5. The summed E-state index contributed by atoms with van der Waals surface area (Å²) >= 11 is 6.29. The minimum Gasteiger partial charge on any atom is -0.487 e. The van der Waals surface area contributed by atoms with Crippen LogP contribution in [0.4, 0.5) is 0 Å². The maximum absolute atomic E-state index is 6.29. The summed E-state index contributed by atoms with van der Waals surface area (Å²) in [5, 5.41) is 5.07. The van der Waals surface area contributed by atoms with Gasteiger partial charge in [-0.25, -0.2) is 0 Å². The van der Waals surface area contributed by atoms with Crippen molar-refractivity contribution in [1.82, 2.24) is 9.78 Å². The molecular formula is C16H22ClN3O. The van der Waals surface area contributed by atoms with Gasteiger partial charge in [-0.15, -0.1) is 0 Å². The Morgan fingerprint density at radius 1 is 1.38 bits per heavy atom. The first-order chi connectivity index (χ1) is 9.93. The van der Waals surface area contributed by atoms with E-state index in [-0.39, 0.29) is 6.04 Å². The Labute approximate surface area is 130 Å². The van der Waals surface area contributed by atoms with Crippen LogP contribution in [0.25, 0.3) is 0 Å². The van der Waals surface area contributed by atoms with Gasteiger partial charge in [0.25, 0.3) is 0 Å². The number of hydrogen-bond donors (Lipinski definition) is 1. The summed E-state index contributed by atoms with van der Waals surface area (Å²) in [5.74, 6) is 0.844. The molecule has 0 unspecified atom stereocenters. The monoisotopic (exact) mass is 307 g/mol. The Morgan fingerprint density at radius 2 is 2.10 bits per heavy atom. The van der Waals surface area contributed by atoms with Crippen molar-refractivity contribution in [3.05, 3.63) is 45.7 Å². The van der Waals surface area contributed by atoms with Crippen LogP contribution < -0.4 is 10.5 Å². The number of hydrogen-bond acceptors (Lipinski definition) is 3. The van der Waals surface area contributed by atoms with Crippen LogP contribution in [0, 0.1) is 13.8 Å². The molecule has 0 aliphatic heterocycles. The molecule has 114 valence electrons. The van der Waals surface area contributed by atoms with E-state index in [1.807, 2.05) is 44.5 Å². The topological polar surface area (TPSA) is 53.1 Å². The molecule has 5 heteroatoms. The summed E-state index contributed by atoms with van der Waals surface area (Å²) in [6, 6.07) is 6.04. The lowest BCUT2D eigenvalue weighted by molar-refractivity contribution is 0.290.